The molecule has 0 amide bonds. The summed E-state index contributed by atoms with van der Waals surface area (Å²) in [6.07, 6.45) is 0.508. The lowest BCUT2D eigenvalue weighted by Crippen LogP contribution is -2.03. The molecule has 17 heavy (non-hydrogen) atoms. The Labute approximate surface area is 100 Å². The zero-order valence-electron chi connectivity index (χ0n) is 9.70. The maximum atomic E-state index is 13.7. The number of nitrogen functional groups attached to an aromatic ring is 1. The number of hydrogen-bond donors (Lipinski definition) is 2. The maximum Gasteiger partial charge on any atom is 0.128 e. The Balaban J connectivity index is 2.38. The summed E-state index contributed by atoms with van der Waals surface area (Å²) in [5.41, 5.74) is 8.78. The highest BCUT2D eigenvalue weighted by molar-refractivity contribution is 5.70. The lowest BCUT2D eigenvalue weighted by atomic mass is 10.0. The van der Waals surface area contributed by atoms with Gasteiger partial charge in [-0.2, -0.15) is 0 Å². The van der Waals surface area contributed by atoms with Gasteiger partial charge in [-0.25, -0.2) is 4.39 Å². The lowest BCUT2D eigenvalue weighted by Gasteiger charge is -2.11. The third-order valence-electron chi connectivity index (χ3n) is 2.79. The van der Waals surface area contributed by atoms with Gasteiger partial charge in [0.05, 0.1) is 11.4 Å². The van der Waals surface area contributed by atoms with E-state index in [1.165, 1.54) is 6.07 Å². The van der Waals surface area contributed by atoms with Gasteiger partial charge in [0.2, 0.25) is 0 Å². The summed E-state index contributed by atoms with van der Waals surface area (Å²) >= 11 is 0. The minimum absolute atomic E-state index is 0.259. The Hall–Kier alpha value is -2.03. The second-order valence-electron chi connectivity index (χ2n) is 3.90. The SMILES string of the molecule is CNc1ccc(F)c(Cc2ccccc2)c1N. The number of nitrogens with one attached hydrogen (secondary N) is 1. The van der Waals surface area contributed by atoms with Crippen LogP contribution >= 0.6 is 0 Å². The normalized spacial score (nSPS) is 10.2. The van der Waals surface area contributed by atoms with Gasteiger partial charge in [0.15, 0.2) is 0 Å². The minimum Gasteiger partial charge on any atom is -0.397 e. The van der Waals surface area contributed by atoms with E-state index in [0.29, 0.717) is 17.7 Å². The molecule has 0 aliphatic carbocycles. The van der Waals surface area contributed by atoms with Crippen LogP contribution in [0.3, 0.4) is 0 Å². The van der Waals surface area contributed by atoms with Gasteiger partial charge in [0, 0.05) is 19.0 Å². The van der Waals surface area contributed by atoms with Gasteiger partial charge >= 0.3 is 0 Å². The van der Waals surface area contributed by atoms with Crippen LogP contribution in [-0.4, -0.2) is 7.05 Å². The Kier molecular flexibility index (Phi) is 3.28. The Morgan fingerprint density at radius 3 is 2.47 bits per heavy atom. The molecule has 0 atom stereocenters. The van der Waals surface area contributed by atoms with Crippen molar-refractivity contribution in [1.29, 1.82) is 0 Å². The van der Waals surface area contributed by atoms with Gasteiger partial charge in [0.25, 0.3) is 0 Å². The molecule has 0 radical (unpaired) electrons. The first kappa shape index (κ1) is 11.5. The average molecular weight is 230 g/mol. The molecule has 0 heterocycles. The van der Waals surface area contributed by atoms with Crippen molar-refractivity contribution in [3.63, 3.8) is 0 Å². The molecule has 3 heteroatoms. The number of halogens is 1. The van der Waals surface area contributed by atoms with E-state index in [9.17, 15) is 4.39 Å². The summed E-state index contributed by atoms with van der Waals surface area (Å²) in [7, 11) is 1.77. The third-order valence-corrected chi connectivity index (χ3v) is 2.79. The van der Waals surface area contributed by atoms with Crippen molar-refractivity contribution >= 4 is 11.4 Å². The molecule has 0 spiro atoms. The molecule has 2 nitrogen and oxygen atoms in total. The monoisotopic (exact) mass is 230 g/mol. The molecular weight excluding hydrogens is 215 g/mol. The van der Waals surface area contributed by atoms with Crippen LogP contribution in [0.5, 0.6) is 0 Å². The van der Waals surface area contributed by atoms with Crippen LogP contribution in [-0.2, 0) is 6.42 Å². The quantitative estimate of drug-likeness (QED) is 0.795. The van der Waals surface area contributed by atoms with Crippen LogP contribution in [0.4, 0.5) is 15.8 Å². The molecule has 0 unspecified atom stereocenters. The molecular formula is C14H15FN2. The van der Waals surface area contributed by atoms with Crippen molar-refractivity contribution in [2.45, 2.75) is 6.42 Å². The van der Waals surface area contributed by atoms with E-state index in [-0.39, 0.29) is 5.82 Å². The molecule has 88 valence electrons. The summed E-state index contributed by atoms with van der Waals surface area (Å²) in [6, 6.07) is 12.8. The second kappa shape index (κ2) is 4.87. The summed E-state index contributed by atoms with van der Waals surface area (Å²) in [4.78, 5) is 0. The van der Waals surface area contributed by atoms with Gasteiger partial charge in [-0.15, -0.1) is 0 Å². The molecule has 0 bridgehead atoms. The fourth-order valence-electron chi connectivity index (χ4n) is 1.84. The Bertz CT molecular complexity index is 509. The van der Waals surface area contributed by atoms with Crippen molar-refractivity contribution in [3.8, 4) is 0 Å². The summed E-state index contributed by atoms with van der Waals surface area (Å²) in [5.74, 6) is -0.259. The smallest absolute Gasteiger partial charge is 0.128 e. The summed E-state index contributed by atoms with van der Waals surface area (Å²) in [6.45, 7) is 0. The number of hydrogen-bond acceptors (Lipinski definition) is 2. The standard InChI is InChI=1S/C14H15FN2/c1-17-13-8-7-12(15)11(14(13)16)9-10-5-3-2-4-6-10/h2-8,17H,9,16H2,1H3. The molecule has 3 N–H and O–H groups in total. The Morgan fingerprint density at radius 2 is 1.82 bits per heavy atom. The number of nitrogens with two attached hydrogens (primary N) is 1. The molecule has 0 aromatic heterocycles. The van der Waals surface area contributed by atoms with Gasteiger partial charge < -0.3 is 11.1 Å². The van der Waals surface area contributed by atoms with Gasteiger partial charge in [-0.3, -0.25) is 0 Å². The topological polar surface area (TPSA) is 38.0 Å². The first-order valence-electron chi connectivity index (χ1n) is 5.51. The van der Waals surface area contributed by atoms with E-state index >= 15 is 0 Å². The fourth-order valence-corrected chi connectivity index (χ4v) is 1.84. The zero-order valence-corrected chi connectivity index (χ0v) is 9.70. The summed E-state index contributed by atoms with van der Waals surface area (Å²) < 4.78 is 13.7. The number of rotatable bonds is 3. The highest BCUT2D eigenvalue weighted by Gasteiger charge is 2.10. The van der Waals surface area contributed by atoms with Crippen LogP contribution in [0.25, 0.3) is 0 Å². The highest BCUT2D eigenvalue weighted by atomic mass is 19.1. The average Bonchev–Trinajstić information content (AvgIpc) is 2.36. The fraction of sp³-hybridized carbons (Fsp3) is 0.143. The van der Waals surface area contributed by atoms with Crippen LogP contribution in [0.1, 0.15) is 11.1 Å². The molecule has 2 aromatic carbocycles. The lowest BCUT2D eigenvalue weighted by molar-refractivity contribution is 0.615. The molecule has 0 saturated carbocycles. The number of anilines is 2. The molecule has 2 rings (SSSR count). The molecule has 0 fully saturated rings. The van der Waals surface area contributed by atoms with Crippen molar-refractivity contribution in [1.82, 2.24) is 0 Å². The van der Waals surface area contributed by atoms with Gasteiger partial charge in [-0.1, -0.05) is 30.3 Å². The Morgan fingerprint density at radius 1 is 1.12 bits per heavy atom. The van der Waals surface area contributed by atoms with E-state index in [4.69, 9.17) is 5.73 Å². The van der Waals surface area contributed by atoms with E-state index in [2.05, 4.69) is 5.32 Å². The second-order valence-corrected chi connectivity index (χ2v) is 3.90. The first-order chi connectivity index (χ1) is 8.22. The van der Waals surface area contributed by atoms with E-state index in [0.717, 1.165) is 11.3 Å². The predicted octanol–water partition coefficient (Wildman–Crippen LogP) is 3.04. The largest absolute Gasteiger partial charge is 0.397 e. The van der Waals surface area contributed by atoms with E-state index < -0.39 is 0 Å². The van der Waals surface area contributed by atoms with E-state index in [1.807, 2.05) is 30.3 Å². The van der Waals surface area contributed by atoms with Gasteiger partial charge in [-0.05, 0) is 17.7 Å². The van der Waals surface area contributed by atoms with Crippen LogP contribution < -0.4 is 11.1 Å². The van der Waals surface area contributed by atoms with Crippen LogP contribution in [0.15, 0.2) is 42.5 Å². The highest BCUT2D eigenvalue weighted by Crippen LogP contribution is 2.27. The predicted molar refractivity (Wildman–Crippen MR) is 69.6 cm³/mol. The summed E-state index contributed by atoms with van der Waals surface area (Å²) in [5, 5.41) is 2.96. The van der Waals surface area contributed by atoms with Crippen LogP contribution in [0, 0.1) is 5.82 Å². The van der Waals surface area contributed by atoms with Crippen molar-refractivity contribution in [2.75, 3.05) is 18.1 Å². The van der Waals surface area contributed by atoms with Crippen LogP contribution in [0.2, 0.25) is 0 Å². The minimum atomic E-state index is -0.259. The zero-order chi connectivity index (χ0) is 12.3. The maximum absolute atomic E-state index is 13.7. The molecule has 0 aliphatic heterocycles. The molecule has 0 saturated heterocycles. The van der Waals surface area contributed by atoms with Crippen molar-refractivity contribution < 1.29 is 4.39 Å². The third kappa shape index (κ3) is 2.38. The van der Waals surface area contributed by atoms with Crippen molar-refractivity contribution in [3.05, 3.63) is 59.4 Å². The van der Waals surface area contributed by atoms with Gasteiger partial charge in [0.1, 0.15) is 5.82 Å². The van der Waals surface area contributed by atoms with Crippen molar-refractivity contribution in [2.24, 2.45) is 0 Å². The number of benzene rings is 2. The molecule has 0 aliphatic rings. The first-order valence-corrected chi connectivity index (χ1v) is 5.51. The van der Waals surface area contributed by atoms with E-state index in [1.54, 1.807) is 13.1 Å². The molecule has 2 aromatic rings.